The summed E-state index contributed by atoms with van der Waals surface area (Å²) in [5.41, 5.74) is 2.50. The first-order chi connectivity index (χ1) is 19.3. The lowest BCUT2D eigenvalue weighted by Crippen LogP contribution is -2.41. The molecule has 0 bridgehead atoms. The van der Waals surface area contributed by atoms with Crippen molar-refractivity contribution in [3.05, 3.63) is 76.9 Å². The third-order valence-corrected chi connectivity index (χ3v) is 8.94. The van der Waals surface area contributed by atoms with Gasteiger partial charge in [-0.25, -0.2) is 0 Å². The van der Waals surface area contributed by atoms with Crippen LogP contribution in [0, 0.1) is 6.92 Å². The van der Waals surface area contributed by atoms with E-state index in [4.69, 9.17) is 4.28 Å². The molecule has 0 saturated heterocycles. The van der Waals surface area contributed by atoms with Crippen molar-refractivity contribution in [2.24, 2.45) is 0 Å². The molecule has 0 aromatic heterocycles. The van der Waals surface area contributed by atoms with Crippen LogP contribution >= 0.6 is 0 Å². The molecular weight excluding hydrogens is 522 g/mol. The highest BCUT2D eigenvalue weighted by Crippen LogP contribution is 2.34. The third-order valence-electron chi connectivity index (χ3n) is 7.74. The Morgan fingerprint density at radius 1 is 0.675 bits per heavy atom. The number of unbranched alkanes of at least 4 members (excludes halogenated alkanes) is 11. The minimum absolute atomic E-state index is 0.125. The van der Waals surface area contributed by atoms with E-state index in [-0.39, 0.29) is 16.0 Å². The van der Waals surface area contributed by atoms with Crippen LogP contribution in [0.1, 0.15) is 116 Å². The first-order valence-electron chi connectivity index (χ1n) is 14.8. The molecule has 7 heteroatoms. The van der Waals surface area contributed by atoms with Crippen LogP contribution in [0.4, 0.5) is 0 Å². The molecule has 40 heavy (non-hydrogen) atoms. The Morgan fingerprint density at radius 3 is 1.82 bits per heavy atom. The Morgan fingerprint density at radius 2 is 1.23 bits per heavy atom. The third kappa shape index (κ3) is 7.18. The summed E-state index contributed by atoms with van der Waals surface area (Å²) in [5, 5.41) is 1.80. The average molecular weight is 564 g/mol. The number of hydroxylamine groups is 2. The summed E-state index contributed by atoms with van der Waals surface area (Å²) in [7, 11) is -4.37. The van der Waals surface area contributed by atoms with Crippen molar-refractivity contribution in [2.75, 3.05) is 0 Å². The van der Waals surface area contributed by atoms with Gasteiger partial charge in [0.25, 0.3) is 11.8 Å². The van der Waals surface area contributed by atoms with Gasteiger partial charge in [-0.05, 0) is 55.0 Å². The smallest absolute Gasteiger partial charge is 0.266 e. The molecule has 1 aliphatic heterocycles. The van der Waals surface area contributed by atoms with E-state index in [2.05, 4.69) is 6.92 Å². The Labute approximate surface area is 238 Å². The molecule has 214 valence electrons. The van der Waals surface area contributed by atoms with Gasteiger partial charge in [-0.15, -0.1) is 9.35 Å². The molecule has 0 fully saturated rings. The Hall–Kier alpha value is -3.03. The molecule has 0 saturated carbocycles. The molecule has 3 aromatic rings. The second kappa shape index (κ2) is 14.0. The summed E-state index contributed by atoms with van der Waals surface area (Å²) < 4.78 is 30.8. The average Bonchev–Trinajstić information content (AvgIpc) is 2.95. The number of rotatable bonds is 16. The lowest BCUT2D eigenvalue weighted by Gasteiger charge is -2.26. The van der Waals surface area contributed by atoms with E-state index >= 15 is 0 Å². The zero-order valence-corrected chi connectivity index (χ0v) is 24.6. The van der Waals surface area contributed by atoms with E-state index in [9.17, 15) is 18.0 Å². The van der Waals surface area contributed by atoms with Crippen LogP contribution < -0.4 is 0 Å². The molecular formula is C33H41NO5S. The highest BCUT2D eigenvalue weighted by atomic mass is 32.2. The quantitative estimate of drug-likeness (QED) is 0.129. The molecule has 0 unspecified atom stereocenters. The van der Waals surface area contributed by atoms with Crippen LogP contribution in [-0.2, 0) is 20.8 Å². The van der Waals surface area contributed by atoms with Crippen molar-refractivity contribution in [3.63, 3.8) is 0 Å². The topological polar surface area (TPSA) is 80.8 Å². The highest BCUT2D eigenvalue weighted by molar-refractivity contribution is 7.86. The molecule has 6 nitrogen and oxygen atoms in total. The Bertz CT molecular complexity index is 1410. The van der Waals surface area contributed by atoms with Crippen molar-refractivity contribution >= 4 is 32.7 Å². The van der Waals surface area contributed by atoms with Gasteiger partial charge in [0.05, 0.1) is 16.0 Å². The molecule has 0 N–H and O–H groups in total. The van der Waals surface area contributed by atoms with E-state index in [1.807, 2.05) is 19.1 Å². The standard InChI is InChI=1S/C33H41NO5S/c1-3-4-5-6-7-8-9-10-11-12-13-14-16-26-21-24-30-31-28(26)17-15-18-29(31)32(35)34(33(30)36)39-40(37,38)27-22-19-25(2)20-23-27/h15,17-24H,3-14,16H2,1-2H3. The van der Waals surface area contributed by atoms with Gasteiger partial charge in [-0.3, -0.25) is 9.59 Å². The van der Waals surface area contributed by atoms with Crippen LogP contribution in [-0.4, -0.2) is 25.3 Å². The zero-order valence-electron chi connectivity index (χ0n) is 23.8. The lowest BCUT2D eigenvalue weighted by molar-refractivity contribution is -0.0155. The predicted molar refractivity (Wildman–Crippen MR) is 159 cm³/mol. The second-order valence-corrected chi connectivity index (χ2v) is 12.4. The number of nitrogens with zero attached hydrogens (tertiary/aromatic N) is 1. The SMILES string of the molecule is CCCCCCCCCCCCCCc1ccc2c3c(cccc13)C(=O)N(OS(=O)(=O)c1ccc(C)cc1)C2=O. The normalized spacial score (nSPS) is 13.4. The van der Waals surface area contributed by atoms with E-state index in [1.54, 1.807) is 30.3 Å². The van der Waals surface area contributed by atoms with Gasteiger partial charge in [0.2, 0.25) is 0 Å². The summed E-state index contributed by atoms with van der Waals surface area (Å²) in [5.74, 6) is -1.55. The monoisotopic (exact) mass is 563 g/mol. The fourth-order valence-electron chi connectivity index (χ4n) is 5.42. The summed E-state index contributed by atoms with van der Waals surface area (Å²) >= 11 is 0. The number of carbonyl (C=O) groups is 2. The summed E-state index contributed by atoms with van der Waals surface area (Å²) in [6.45, 7) is 4.08. The van der Waals surface area contributed by atoms with Crippen LogP contribution in [0.15, 0.2) is 59.5 Å². The number of hydrogen-bond donors (Lipinski definition) is 0. The van der Waals surface area contributed by atoms with E-state index in [0.717, 1.165) is 35.8 Å². The van der Waals surface area contributed by atoms with Gasteiger partial charge in [-0.2, -0.15) is 8.42 Å². The largest absolute Gasteiger partial charge is 0.318 e. The summed E-state index contributed by atoms with van der Waals surface area (Å²) in [6.07, 6.45) is 16.3. The van der Waals surface area contributed by atoms with Crippen molar-refractivity contribution in [1.82, 2.24) is 5.06 Å². The molecule has 0 atom stereocenters. The molecule has 2 amide bonds. The van der Waals surface area contributed by atoms with Crippen molar-refractivity contribution in [2.45, 2.75) is 102 Å². The predicted octanol–water partition coefficient (Wildman–Crippen LogP) is 8.31. The maximum absolute atomic E-state index is 13.3. The Balaban J connectivity index is 1.35. The number of aryl methyl sites for hydroxylation is 2. The van der Waals surface area contributed by atoms with E-state index in [1.165, 1.54) is 76.3 Å². The molecule has 1 heterocycles. The summed E-state index contributed by atoms with van der Waals surface area (Å²) in [6, 6.07) is 15.0. The van der Waals surface area contributed by atoms with Gasteiger partial charge in [-0.1, -0.05) is 113 Å². The maximum Gasteiger partial charge on any atom is 0.318 e. The maximum atomic E-state index is 13.3. The van der Waals surface area contributed by atoms with Crippen molar-refractivity contribution < 1.29 is 22.3 Å². The number of hydrogen-bond acceptors (Lipinski definition) is 5. The lowest BCUT2D eigenvalue weighted by atomic mass is 9.90. The number of amides is 2. The summed E-state index contributed by atoms with van der Waals surface area (Å²) in [4.78, 5) is 26.4. The molecule has 4 rings (SSSR count). The van der Waals surface area contributed by atoms with Crippen LogP contribution in [0.3, 0.4) is 0 Å². The van der Waals surface area contributed by atoms with Gasteiger partial charge < -0.3 is 0 Å². The molecule has 1 aliphatic rings. The first kappa shape index (κ1) is 29.9. The van der Waals surface area contributed by atoms with Crippen LogP contribution in [0.25, 0.3) is 10.8 Å². The van der Waals surface area contributed by atoms with Gasteiger partial charge in [0, 0.05) is 5.39 Å². The fraction of sp³-hybridized carbons (Fsp3) is 0.455. The molecule has 0 aliphatic carbocycles. The van der Waals surface area contributed by atoms with Crippen molar-refractivity contribution in [3.8, 4) is 0 Å². The minimum atomic E-state index is -4.37. The van der Waals surface area contributed by atoms with Gasteiger partial charge in [0.15, 0.2) is 0 Å². The van der Waals surface area contributed by atoms with Gasteiger partial charge in [0.1, 0.15) is 0 Å². The van der Waals surface area contributed by atoms with Crippen molar-refractivity contribution in [1.29, 1.82) is 0 Å². The first-order valence-corrected chi connectivity index (χ1v) is 16.2. The fourth-order valence-corrected chi connectivity index (χ4v) is 6.31. The number of carbonyl (C=O) groups excluding carboxylic acids is 2. The highest BCUT2D eigenvalue weighted by Gasteiger charge is 2.38. The minimum Gasteiger partial charge on any atom is -0.266 e. The zero-order chi connectivity index (χ0) is 28.5. The number of benzene rings is 3. The second-order valence-electron chi connectivity index (χ2n) is 10.9. The van der Waals surface area contributed by atoms with Crippen LogP contribution in [0.5, 0.6) is 0 Å². The van der Waals surface area contributed by atoms with E-state index in [0.29, 0.717) is 10.4 Å². The Kier molecular flexibility index (Phi) is 10.5. The van der Waals surface area contributed by atoms with Crippen LogP contribution in [0.2, 0.25) is 0 Å². The van der Waals surface area contributed by atoms with E-state index < -0.39 is 21.9 Å². The molecule has 0 radical (unpaired) electrons. The molecule has 0 spiro atoms. The van der Waals surface area contributed by atoms with Gasteiger partial charge >= 0.3 is 10.1 Å². The molecule has 3 aromatic carbocycles. The number of imide groups is 1.